The lowest BCUT2D eigenvalue weighted by Gasteiger charge is -2.42. The van der Waals surface area contributed by atoms with Crippen LogP contribution in [0, 0.1) is 6.92 Å². The van der Waals surface area contributed by atoms with Gasteiger partial charge in [-0.1, -0.05) is 65.7 Å². The maximum Gasteiger partial charge on any atom is 0.208 e. The molecule has 1 aliphatic heterocycles. The van der Waals surface area contributed by atoms with Gasteiger partial charge in [0.2, 0.25) is 13.1 Å². The lowest BCUT2D eigenvalue weighted by Crippen LogP contribution is -2.40. The van der Waals surface area contributed by atoms with Crippen molar-refractivity contribution in [1.82, 2.24) is 14.6 Å². The van der Waals surface area contributed by atoms with Crippen LogP contribution in [0.1, 0.15) is 42.8 Å². The molecule has 40 heavy (non-hydrogen) atoms. The zero-order valence-corrected chi connectivity index (χ0v) is 24.7. The smallest absolute Gasteiger partial charge is 0.208 e. The molecule has 6 rings (SSSR count). The Morgan fingerprint density at radius 3 is 2.27 bits per heavy atom. The Balaban J connectivity index is 1.56. The summed E-state index contributed by atoms with van der Waals surface area (Å²) in [5.41, 5.74) is 3.31. The molecule has 0 aliphatic carbocycles. The number of hydrogen-bond donors (Lipinski definition) is 0. The van der Waals surface area contributed by atoms with E-state index in [2.05, 4.69) is 14.6 Å². The fraction of sp³-hybridized carbons (Fsp3) is 0.129. The molecule has 1 atom stereocenters. The quantitative estimate of drug-likeness (QED) is 0.116. The van der Waals surface area contributed by atoms with Crippen molar-refractivity contribution in [3.8, 4) is 0 Å². The third-order valence-electron chi connectivity index (χ3n) is 7.27. The van der Waals surface area contributed by atoms with Crippen molar-refractivity contribution >= 4 is 58.2 Å². The number of hydrogen-bond acceptors (Lipinski definition) is 5. The van der Waals surface area contributed by atoms with Crippen LogP contribution in [-0.2, 0) is 11.0 Å². The van der Waals surface area contributed by atoms with Gasteiger partial charge >= 0.3 is 0 Å². The largest absolute Gasteiger partial charge is 0.296 e. The van der Waals surface area contributed by atoms with Gasteiger partial charge in [0.1, 0.15) is 11.5 Å². The molecule has 0 radical (unpaired) electrons. The van der Waals surface area contributed by atoms with E-state index in [0.29, 0.717) is 16.4 Å². The van der Waals surface area contributed by atoms with Gasteiger partial charge in [-0.3, -0.25) is 9.36 Å². The minimum absolute atomic E-state index is 0.113. The first-order chi connectivity index (χ1) is 19.4. The summed E-state index contributed by atoms with van der Waals surface area (Å²) >= 11 is 14.2. The van der Waals surface area contributed by atoms with Crippen LogP contribution < -0.4 is 10.6 Å². The molecule has 200 valence electrons. The summed E-state index contributed by atoms with van der Waals surface area (Å²) in [6.45, 7) is 2.56. The molecule has 0 fully saturated rings. The van der Waals surface area contributed by atoms with Gasteiger partial charge in [0.25, 0.3) is 0 Å². The fourth-order valence-electron chi connectivity index (χ4n) is 5.39. The van der Waals surface area contributed by atoms with E-state index in [1.165, 1.54) is 23.9 Å². The summed E-state index contributed by atoms with van der Waals surface area (Å²) in [6, 6.07) is 26.7. The van der Waals surface area contributed by atoms with Crippen molar-refractivity contribution in [2.75, 3.05) is 6.54 Å². The van der Waals surface area contributed by atoms with Gasteiger partial charge in [-0.15, -0.1) is 11.3 Å². The van der Waals surface area contributed by atoms with E-state index < -0.39 is 13.3 Å². The van der Waals surface area contributed by atoms with E-state index in [4.69, 9.17) is 23.2 Å². The highest BCUT2D eigenvalue weighted by molar-refractivity contribution is 7.76. The van der Waals surface area contributed by atoms with Crippen LogP contribution in [0.25, 0.3) is 0 Å². The summed E-state index contributed by atoms with van der Waals surface area (Å²) in [7, 11) is -3.32. The number of aryl methyl sites for hydroxylation is 1. The van der Waals surface area contributed by atoms with Gasteiger partial charge in [0, 0.05) is 33.3 Å². The molecule has 1 aliphatic rings. The van der Waals surface area contributed by atoms with Gasteiger partial charge in [-0.2, -0.15) is 0 Å². The second kappa shape index (κ2) is 11.0. The SMILES string of the molecule is Cc1sc(C(=O)c2cncnc2Cl)cc1[C@H]1c2cc(Cl)ccc2CCN1P(=O)(c1ccccc1)c1ccccc1. The highest BCUT2D eigenvalue weighted by Crippen LogP contribution is 2.56. The van der Waals surface area contributed by atoms with Crippen molar-refractivity contribution in [2.24, 2.45) is 0 Å². The van der Waals surface area contributed by atoms with Crippen LogP contribution >= 0.6 is 41.8 Å². The van der Waals surface area contributed by atoms with Gasteiger partial charge in [-0.25, -0.2) is 14.6 Å². The number of nitrogens with zero attached hydrogens (tertiary/aromatic N) is 3. The molecule has 0 N–H and O–H groups in total. The summed E-state index contributed by atoms with van der Waals surface area (Å²) in [5, 5.41) is 2.24. The third kappa shape index (κ3) is 4.74. The number of ketones is 1. The number of aromatic nitrogens is 2. The highest BCUT2D eigenvalue weighted by atomic mass is 35.5. The highest BCUT2D eigenvalue weighted by Gasteiger charge is 2.43. The first-order valence-corrected chi connectivity index (χ1v) is 16.0. The van der Waals surface area contributed by atoms with Crippen molar-refractivity contribution in [3.63, 3.8) is 0 Å². The van der Waals surface area contributed by atoms with E-state index in [0.717, 1.165) is 38.6 Å². The summed E-state index contributed by atoms with van der Waals surface area (Å²) in [5.74, 6) is -0.243. The summed E-state index contributed by atoms with van der Waals surface area (Å²) < 4.78 is 17.7. The van der Waals surface area contributed by atoms with E-state index in [-0.39, 0.29) is 16.5 Å². The van der Waals surface area contributed by atoms with Gasteiger partial charge in [0.15, 0.2) is 0 Å². The summed E-state index contributed by atoms with van der Waals surface area (Å²) in [4.78, 5) is 22.9. The number of halogens is 2. The predicted octanol–water partition coefficient (Wildman–Crippen LogP) is 7.26. The minimum atomic E-state index is -3.32. The lowest BCUT2D eigenvalue weighted by atomic mass is 9.90. The van der Waals surface area contributed by atoms with Crippen molar-refractivity contribution < 1.29 is 9.36 Å². The molecule has 9 heteroatoms. The van der Waals surface area contributed by atoms with Crippen LogP contribution in [-0.4, -0.2) is 27.0 Å². The molecule has 5 nitrogen and oxygen atoms in total. The minimum Gasteiger partial charge on any atom is -0.296 e. The van der Waals surface area contributed by atoms with Gasteiger partial charge < -0.3 is 0 Å². The maximum absolute atomic E-state index is 15.6. The maximum atomic E-state index is 15.6. The zero-order valence-electron chi connectivity index (χ0n) is 21.5. The Morgan fingerprint density at radius 2 is 1.62 bits per heavy atom. The van der Waals surface area contributed by atoms with Crippen LogP contribution in [0.4, 0.5) is 0 Å². The molecule has 0 spiro atoms. The van der Waals surface area contributed by atoms with Crippen LogP contribution in [0.2, 0.25) is 10.2 Å². The van der Waals surface area contributed by atoms with E-state index in [1.54, 1.807) is 0 Å². The Morgan fingerprint density at radius 1 is 0.950 bits per heavy atom. The summed E-state index contributed by atoms with van der Waals surface area (Å²) in [6.07, 6.45) is 3.47. The number of carbonyl (C=O) groups is 1. The Kier molecular flexibility index (Phi) is 7.47. The Labute approximate surface area is 246 Å². The molecule has 5 aromatic rings. The van der Waals surface area contributed by atoms with E-state index in [9.17, 15) is 4.79 Å². The van der Waals surface area contributed by atoms with Crippen molar-refractivity contribution in [2.45, 2.75) is 19.4 Å². The first-order valence-electron chi connectivity index (χ1n) is 12.7. The monoisotopic (exact) mass is 603 g/mol. The number of carbonyl (C=O) groups excluding carboxylic acids is 1. The van der Waals surface area contributed by atoms with E-state index >= 15 is 4.57 Å². The Hall–Kier alpha value is -3.12. The van der Waals surface area contributed by atoms with Gasteiger partial charge in [0.05, 0.1) is 16.5 Å². The molecule has 0 unspecified atom stereocenters. The molecule has 0 saturated carbocycles. The Bertz CT molecular complexity index is 1720. The zero-order chi connectivity index (χ0) is 27.9. The number of rotatable bonds is 6. The fourth-order valence-corrected chi connectivity index (χ4v) is 9.75. The molecule has 0 saturated heterocycles. The molecule has 3 aromatic carbocycles. The molecule has 0 amide bonds. The van der Waals surface area contributed by atoms with Crippen LogP contribution in [0.5, 0.6) is 0 Å². The normalized spacial score (nSPS) is 15.5. The topological polar surface area (TPSA) is 63.2 Å². The number of benzene rings is 3. The molecular formula is C31H24Cl2N3O2PS. The second-order valence-corrected chi connectivity index (χ2v) is 14.3. The molecule has 0 bridgehead atoms. The molecular weight excluding hydrogens is 580 g/mol. The van der Waals surface area contributed by atoms with Crippen molar-refractivity contribution in [1.29, 1.82) is 0 Å². The molecule has 3 heterocycles. The number of thiophene rings is 1. The van der Waals surface area contributed by atoms with Crippen LogP contribution in [0.3, 0.4) is 0 Å². The molecule has 2 aromatic heterocycles. The predicted molar refractivity (Wildman–Crippen MR) is 163 cm³/mol. The average molecular weight is 604 g/mol. The van der Waals surface area contributed by atoms with Gasteiger partial charge in [-0.05, 0) is 72.5 Å². The standard InChI is InChI=1S/C31H24Cl2N3O2PS/c1-20-25(17-28(40-20)30(37)27-18-34-19-35-31(27)33)29-26-16-22(32)13-12-21(26)14-15-36(29)39(38,23-8-4-2-5-9-23)24-10-6-3-7-11-24/h2-13,16-19,29H,14-15H2,1H3/t29-/m0/s1. The first kappa shape index (κ1) is 27.1. The number of fused-ring (bicyclic) bond motifs is 1. The van der Waals surface area contributed by atoms with Crippen molar-refractivity contribution in [3.05, 3.63) is 140 Å². The third-order valence-corrected chi connectivity index (χ3v) is 12.0. The van der Waals surface area contributed by atoms with E-state index in [1.807, 2.05) is 91.9 Å². The second-order valence-electron chi connectivity index (χ2n) is 9.58. The lowest BCUT2D eigenvalue weighted by molar-refractivity contribution is 0.104. The van der Waals surface area contributed by atoms with Crippen LogP contribution in [0.15, 0.2) is 97.5 Å². The average Bonchev–Trinajstić information content (AvgIpc) is 3.37.